The molecule has 6 nitrogen and oxygen atoms in total. The molecule has 0 spiro atoms. The average Bonchev–Trinajstić information content (AvgIpc) is 3.18. The lowest BCUT2D eigenvalue weighted by atomic mass is 9.57. The maximum absolute atomic E-state index is 14.6. The highest BCUT2D eigenvalue weighted by atomic mass is 16.3. The van der Waals surface area contributed by atoms with Crippen molar-refractivity contribution in [1.29, 1.82) is 0 Å². The molecular formula is C50H62N4O2. The Morgan fingerprint density at radius 3 is 2.29 bits per heavy atom. The number of carbonyl (C=O) groups excluding carboxylic acids is 1. The zero-order chi connectivity index (χ0) is 39.1. The second-order valence-electron chi connectivity index (χ2n) is 17.9. The normalized spacial score (nSPS) is 36.2. The Morgan fingerprint density at radius 2 is 1.54 bits per heavy atom. The third-order valence-corrected chi connectivity index (χ3v) is 13.9. The molecule has 6 heteroatoms. The van der Waals surface area contributed by atoms with E-state index in [1.807, 2.05) is 13.0 Å². The monoisotopic (exact) mass is 750 g/mol. The number of rotatable bonds is 12. The van der Waals surface area contributed by atoms with Crippen molar-refractivity contribution in [2.24, 2.45) is 34.6 Å². The lowest BCUT2D eigenvalue weighted by Crippen LogP contribution is -2.74. The van der Waals surface area contributed by atoms with Crippen LogP contribution in [0.15, 0.2) is 104 Å². The minimum absolute atomic E-state index is 0.0167. The maximum atomic E-state index is 14.6. The van der Waals surface area contributed by atoms with Gasteiger partial charge in [0.15, 0.2) is 5.78 Å². The average molecular weight is 751 g/mol. The van der Waals surface area contributed by atoms with Crippen LogP contribution in [0.3, 0.4) is 0 Å². The van der Waals surface area contributed by atoms with Crippen molar-refractivity contribution in [1.82, 2.24) is 16.0 Å². The van der Waals surface area contributed by atoms with Gasteiger partial charge in [-0.3, -0.25) is 25.7 Å². The molecule has 294 valence electrons. The second kappa shape index (κ2) is 18.1. The summed E-state index contributed by atoms with van der Waals surface area (Å²) in [6.07, 6.45) is 28.2. The summed E-state index contributed by atoms with van der Waals surface area (Å²) in [6, 6.07) is 0.841. The molecule has 0 aromatic rings. The van der Waals surface area contributed by atoms with E-state index in [4.69, 9.17) is 4.99 Å². The number of Topliss-reactive ketones (excluding diaryl/α,β-unsaturated/α-hetero) is 1. The van der Waals surface area contributed by atoms with Crippen molar-refractivity contribution >= 4 is 11.5 Å². The SMILES string of the molecule is C=C=C=C=C=C=C=C=C=C=CC1(C)N=C2/C(=C3\C(=O)C(C4CCC5CCCC6NC(C)(CCCCCCCCCCC)NC4C56)=C3O)C=CC3CCCC(N1)C23. The predicted molar refractivity (Wildman–Crippen MR) is 224 cm³/mol. The molecule has 10 atom stereocenters. The van der Waals surface area contributed by atoms with Crippen LogP contribution < -0.4 is 16.0 Å². The van der Waals surface area contributed by atoms with Gasteiger partial charge in [0.05, 0.1) is 16.9 Å². The Bertz CT molecular complexity index is 2030. The first-order valence-electron chi connectivity index (χ1n) is 22.0. The molecule has 2 aliphatic heterocycles. The molecule has 1 saturated heterocycles. The van der Waals surface area contributed by atoms with Crippen molar-refractivity contribution in [3.05, 3.63) is 98.9 Å². The molecule has 5 aliphatic carbocycles. The van der Waals surface area contributed by atoms with Gasteiger partial charge in [0.1, 0.15) is 11.4 Å². The van der Waals surface area contributed by atoms with Crippen molar-refractivity contribution in [2.75, 3.05) is 0 Å². The first-order valence-corrected chi connectivity index (χ1v) is 22.0. The fourth-order valence-electron chi connectivity index (χ4n) is 11.5. The molecule has 0 bridgehead atoms. The van der Waals surface area contributed by atoms with Gasteiger partial charge in [-0.05, 0) is 117 Å². The fraction of sp³-hybridized carbons (Fsp3) is 0.620. The number of unbranched alkanes of at least 4 members (excludes halogenated alkanes) is 8. The smallest absolute Gasteiger partial charge is 0.197 e. The minimum Gasteiger partial charge on any atom is -0.507 e. The van der Waals surface area contributed by atoms with Crippen LogP contribution in [-0.2, 0) is 4.79 Å². The zero-order valence-corrected chi connectivity index (χ0v) is 34.1. The third-order valence-electron chi connectivity index (χ3n) is 13.9. The molecule has 0 aromatic carbocycles. The number of carbonyl (C=O) groups is 1. The van der Waals surface area contributed by atoms with E-state index >= 15 is 0 Å². The summed E-state index contributed by atoms with van der Waals surface area (Å²) in [5.74, 6) is 1.90. The molecular weight excluding hydrogens is 689 g/mol. The first kappa shape index (κ1) is 40.2. The summed E-state index contributed by atoms with van der Waals surface area (Å²) in [7, 11) is 0. The number of nitrogens with zero attached hydrogens (tertiary/aromatic N) is 1. The van der Waals surface area contributed by atoms with Gasteiger partial charge in [-0.25, -0.2) is 0 Å². The maximum Gasteiger partial charge on any atom is 0.197 e. The topological polar surface area (TPSA) is 85.8 Å². The Kier molecular flexibility index (Phi) is 13.0. The summed E-state index contributed by atoms with van der Waals surface area (Å²) < 4.78 is 0. The molecule has 0 radical (unpaired) electrons. The zero-order valence-electron chi connectivity index (χ0n) is 34.1. The first-order chi connectivity index (χ1) is 27.3. The Labute approximate surface area is 335 Å². The molecule has 3 saturated carbocycles. The van der Waals surface area contributed by atoms with Gasteiger partial charge in [-0.15, -0.1) is 0 Å². The van der Waals surface area contributed by atoms with Crippen molar-refractivity contribution in [3.63, 3.8) is 0 Å². The van der Waals surface area contributed by atoms with E-state index in [0.29, 0.717) is 34.9 Å². The molecule has 7 rings (SSSR count). The van der Waals surface area contributed by atoms with Crippen molar-refractivity contribution in [2.45, 2.75) is 166 Å². The van der Waals surface area contributed by atoms with Crippen molar-refractivity contribution < 1.29 is 9.90 Å². The van der Waals surface area contributed by atoms with Gasteiger partial charge in [0.25, 0.3) is 0 Å². The van der Waals surface area contributed by atoms with Crippen LogP contribution in [0.5, 0.6) is 0 Å². The fourth-order valence-corrected chi connectivity index (χ4v) is 11.5. The van der Waals surface area contributed by atoms with Gasteiger partial charge in [0, 0.05) is 47.2 Å². The Hall–Kier alpha value is -4.00. The van der Waals surface area contributed by atoms with E-state index in [-0.39, 0.29) is 41.1 Å². The summed E-state index contributed by atoms with van der Waals surface area (Å²) in [6.45, 7) is 10.1. The summed E-state index contributed by atoms with van der Waals surface area (Å²) in [5, 5.41) is 24.1. The van der Waals surface area contributed by atoms with Crippen LogP contribution in [0.25, 0.3) is 0 Å². The Balaban J connectivity index is 1.15. The number of nitrogens with one attached hydrogen (secondary N) is 3. The van der Waals surface area contributed by atoms with Gasteiger partial charge in [0.2, 0.25) is 0 Å². The number of hydrogen-bond donors (Lipinski definition) is 4. The second-order valence-corrected chi connectivity index (χ2v) is 17.9. The molecule has 4 N–H and O–H groups in total. The summed E-state index contributed by atoms with van der Waals surface area (Å²) in [5.41, 5.74) is 26.2. The molecule has 0 aromatic heterocycles. The lowest BCUT2D eigenvalue weighted by molar-refractivity contribution is -0.115. The molecule has 2 heterocycles. The van der Waals surface area contributed by atoms with E-state index in [1.54, 1.807) is 0 Å². The summed E-state index contributed by atoms with van der Waals surface area (Å²) >= 11 is 0. The number of allylic oxidation sites excluding steroid dienone is 4. The summed E-state index contributed by atoms with van der Waals surface area (Å²) in [4.78, 5) is 19.8. The standard InChI is InChI=1S/C50H62N4O2/c1-5-7-9-11-13-15-17-19-21-33-49(3)51-39-27-23-25-35-29-31-37(45(53-49)41(35)39)43-47(55)44(48(43)56)38-32-30-36-26-24-28-40-42(36)46(38)54-50(4,52-40)34-22-20-18-16-14-12-10-8-6-2/h29,31,33,35-36,38-42,46,51-52,54-55H,1,6,8,10,12,14,16,18,20,22-28,30,32,34H2,2-4H3/b43-37-. The number of aliphatic hydroxyl groups is 1. The van der Waals surface area contributed by atoms with Gasteiger partial charge < -0.3 is 5.11 Å². The van der Waals surface area contributed by atoms with Crippen LogP contribution in [-0.4, -0.2) is 46.1 Å². The molecule has 7 aliphatic rings. The van der Waals surface area contributed by atoms with Crippen LogP contribution in [0.1, 0.15) is 136 Å². The van der Waals surface area contributed by atoms with E-state index in [9.17, 15) is 9.90 Å². The minimum atomic E-state index is -0.761. The van der Waals surface area contributed by atoms with E-state index in [1.165, 1.54) is 77.0 Å². The van der Waals surface area contributed by atoms with E-state index < -0.39 is 5.66 Å². The molecule has 10 unspecified atom stereocenters. The van der Waals surface area contributed by atoms with E-state index in [0.717, 1.165) is 49.8 Å². The van der Waals surface area contributed by atoms with E-state index in [2.05, 4.69) is 100 Å². The number of hydrogen-bond acceptors (Lipinski definition) is 6. The highest BCUT2D eigenvalue weighted by Crippen LogP contribution is 2.52. The van der Waals surface area contributed by atoms with Crippen LogP contribution >= 0.6 is 0 Å². The molecule has 4 fully saturated rings. The third kappa shape index (κ3) is 8.62. The quantitative estimate of drug-likeness (QED) is 0.0907. The van der Waals surface area contributed by atoms with Crippen LogP contribution in [0.4, 0.5) is 0 Å². The Morgan fingerprint density at radius 1 is 0.839 bits per heavy atom. The van der Waals surface area contributed by atoms with Gasteiger partial charge in [-0.1, -0.05) is 108 Å². The lowest BCUT2D eigenvalue weighted by Gasteiger charge is -2.59. The van der Waals surface area contributed by atoms with Gasteiger partial charge >= 0.3 is 0 Å². The number of aliphatic imine (C=N–C) groups is 1. The number of aliphatic hydroxyl groups excluding tert-OH is 1. The largest absolute Gasteiger partial charge is 0.507 e. The molecule has 56 heavy (non-hydrogen) atoms. The highest BCUT2D eigenvalue weighted by molar-refractivity contribution is 6.25. The predicted octanol–water partition coefficient (Wildman–Crippen LogP) is 9.77. The van der Waals surface area contributed by atoms with Gasteiger partial charge in [-0.2, -0.15) is 0 Å². The van der Waals surface area contributed by atoms with Crippen LogP contribution in [0.2, 0.25) is 0 Å². The van der Waals surface area contributed by atoms with Crippen molar-refractivity contribution in [3.8, 4) is 0 Å². The van der Waals surface area contributed by atoms with Crippen LogP contribution in [0, 0.1) is 29.6 Å². The number of ketones is 1. The molecule has 0 amide bonds. The highest BCUT2D eigenvalue weighted by Gasteiger charge is 2.56.